The fourth-order valence-corrected chi connectivity index (χ4v) is 5.99. The highest BCUT2D eigenvalue weighted by atomic mass is 31.2. The summed E-state index contributed by atoms with van der Waals surface area (Å²) < 4.78 is 22.8. The molecule has 1 atom stereocenters. The first-order valence-corrected chi connectivity index (χ1v) is 9.91. The maximum Gasteiger partial charge on any atom is 0.341 e. The SMILES string of the molecule is O=P(O)(O)C(C1CCN(Cc2ccccc2)C1)P(=O)(O)O. The zero-order chi connectivity index (χ0) is 15.7. The number of hydrogen-bond donors (Lipinski definition) is 4. The van der Waals surface area contributed by atoms with Gasteiger partial charge in [-0.05, 0) is 24.4 Å². The Hall–Kier alpha value is -0.520. The van der Waals surface area contributed by atoms with Crippen LogP contribution in [0, 0.1) is 5.92 Å². The molecule has 21 heavy (non-hydrogen) atoms. The van der Waals surface area contributed by atoms with Crippen molar-refractivity contribution in [2.75, 3.05) is 13.1 Å². The van der Waals surface area contributed by atoms with Crippen LogP contribution in [0.15, 0.2) is 30.3 Å². The van der Waals surface area contributed by atoms with Crippen molar-refractivity contribution in [2.45, 2.75) is 18.4 Å². The second-order valence-electron chi connectivity index (χ2n) is 5.36. The predicted octanol–water partition coefficient (Wildman–Crippen LogP) is 1.19. The van der Waals surface area contributed by atoms with Gasteiger partial charge in [-0.3, -0.25) is 14.0 Å². The Morgan fingerprint density at radius 2 is 1.67 bits per heavy atom. The summed E-state index contributed by atoms with van der Waals surface area (Å²) in [7, 11) is -9.69. The van der Waals surface area contributed by atoms with E-state index in [4.69, 9.17) is 0 Å². The van der Waals surface area contributed by atoms with Crippen molar-refractivity contribution in [1.82, 2.24) is 4.90 Å². The lowest BCUT2D eigenvalue weighted by atomic mass is 10.1. The predicted molar refractivity (Wildman–Crippen MR) is 77.7 cm³/mol. The molecule has 1 unspecified atom stereocenters. The third-order valence-electron chi connectivity index (χ3n) is 3.67. The maximum atomic E-state index is 11.4. The number of nitrogens with zero attached hydrogens (tertiary/aromatic N) is 1. The lowest BCUT2D eigenvalue weighted by Crippen LogP contribution is -2.26. The number of rotatable bonds is 5. The summed E-state index contributed by atoms with van der Waals surface area (Å²) in [5.41, 5.74) is 1.06. The van der Waals surface area contributed by atoms with Crippen LogP contribution in [0.1, 0.15) is 12.0 Å². The van der Waals surface area contributed by atoms with E-state index in [9.17, 15) is 28.7 Å². The van der Waals surface area contributed by atoms with Crippen molar-refractivity contribution in [2.24, 2.45) is 5.92 Å². The molecule has 1 aliphatic rings. The van der Waals surface area contributed by atoms with Crippen LogP contribution in [0.2, 0.25) is 0 Å². The third kappa shape index (κ3) is 4.47. The first kappa shape index (κ1) is 16.8. The van der Waals surface area contributed by atoms with Gasteiger partial charge < -0.3 is 19.6 Å². The highest BCUT2D eigenvalue weighted by molar-refractivity contribution is 7.70. The Kier molecular flexibility index (Phi) is 5.06. The van der Waals surface area contributed by atoms with Gasteiger partial charge in [-0.2, -0.15) is 0 Å². The van der Waals surface area contributed by atoms with Crippen molar-refractivity contribution >= 4 is 15.2 Å². The minimum atomic E-state index is -4.85. The molecular formula is C12H19NO6P2. The van der Waals surface area contributed by atoms with Crippen molar-refractivity contribution in [3.8, 4) is 0 Å². The van der Waals surface area contributed by atoms with E-state index in [0.717, 1.165) is 5.56 Å². The van der Waals surface area contributed by atoms with Crippen LogP contribution in [0.3, 0.4) is 0 Å². The van der Waals surface area contributed by atoms with Crippen molar-refractivity contribution < 1.29 is 28.7 Å². The molecule has 0 radical (unpaired) electrons. The molecule has 4 N–H and O–H groups in total. The van der Waals surface area contributed by atoms with E-state index in [2.05, 4.69) is 0 Å². The lowest BCUT2D eigenvalue weighted by Gasteiger charge is -2.25. The number of hydrogen-bond acceptors (Lipinski definition) is 3. The van der Waals surface area contributed by atoms with E-state index in [0.29, 0.717) is 19.5 Å². The van der Waals surface area contributed by atoms with Crippen LogP contribution in [0.5, 0.6) is 0 Å². The van der Waals surface area contributed by atoms with Gasteiger partial charge in [0.15, 0.2) is 5.40 Å². The Bertz CT molecular complexity index is 546. The van der Waals surface area contributed by atoms with E-state index in [-0.39, 0.29) is 6.54 Å². The normalized spacial score (nSPS) is 21.1. The second kappa shape index (κ2) is 6.31. The van der Waals surface area contributed by atoms with Crippen molar-refractivity contribution in [1.29, 1.82) is 0 Å². The van der Waals surface area contributed by atoms with Crippen molar-refractivity contribution in [3.63, 3.8) is 0 Å². The van der Waals surface area contributed by atoms with Crippen LogP contribution in [0.4, 0.5) is 0 Å². The van der Waals surface area contributed by atoms with Gasteiger partial charge in [0.25, 0.3) is 0 Å². The molecule has 1 aromatic carbocycles. The van der Waals surface area contributed by atoms with Crippen LogP contribution in [-0.4, -0.2) is 43.0 Å². The van der Waals surface area contributed by atoms with E-state index in [1.165, 1.54) is 0 Å². The van der Waals surface area contributed by atoms with Gasteiger partial charge in [-0.15, -0.1) is 0 Å². The Morgan fingerprint density at radius 3 is 2.19 bits per heavy atom. The largest absolute Gasteiger partial charge is 0.341 e. The minimum absolute atomic E-state index is 0.274. The molecule has 1 saturated heterocycles. The quantitative estimate of drug-likeness (QED) is 0.597. The number of likely N-dealkylation sites (tertiary alicyclic amines) is 1. The average molecular weight is 335 g/mol. The molecule has 2 rings (SSSR count). The molecule has 0 amide bonds. The summed E-state index contributed by atoms with van der Waals surface area (Å²) in [6.45, 7) is 1.44. The molecule has 0 saturated carbocycles. The monoisotopic (exact) mass is 335 g/mol. The van der Waals surface area contributed by atoms with E-state index in [1.54, 1.807) is 0 Å². The molecule has 0 aliphatic carbocycles. The van der Waals surface area contributed by atoms with Gasteiger partial charge in [0, 0.05) is 13.1 Å². The smallest absolute Gasteiger partial charge is 0.324 e. The first-order valence-electron chi connectivity index (χ1n) is 6.54. The van der Waals surface area contributed by atoms with E-state index in [1.807, 2.05) is 35.2 Å². The highest BCUT2D eigenvalue weighted by Gasteiger charge is 2.50. The van der Waals surface area contributed by atoms with Gasteiger partial charge in [0.05, 0.1) is 0 Å². The zero-order valence-electron chi connectivity index (χ0n) is 11.3. The Labute approximate surface area is 122 Å². The Morgan fingerprint density at radius 1 is 1.10 bits per heavy atom. The highest BCUT2D eigenvalue weighted by Crippen LogP contribution is 2.63. The molecule has 9 heteroatoms. The fraction of sp³-hybridized carbons (Fsp3) is 0.500. The summed E-state index contributed by atoms with van der Waals surface area (Å²) in [6, 6.07) is 9.58. The standard InChI is InChI=1S/C12H19NO6P2/c14-20(15,16)12(21(17,18)19)11-6-7-13(9-11)8-10-4-2-1-3-5-10/h1-5,11-12H,6-9H2,(H2,14,15,16)(H2,17,18,19). The molecule has 1 aromatic rings. The molecule has 0 aromatic heterocycles. The lowest BCUT2D eigenvalue weighted by molar-refractivity contribution is 0.295. The third-order valence-corrected chi connectivity index (χ3v) is 7.70. The Balaban J connectivity index is 2.07. The maximum absolute atomic E-state index is 11.4. The summed E-state index contributed by atoms with van der Waals surface area (Å²) in [6.07, 6.45) is 0.369. The molecule has 118 valence electrons. The van der Waals surface area contributed by atoms with E-state index >= 15 is 0 Å². The van der Waals surface area contributed by atoms with Crippen LogP contribution in [-0.2, 0) is 15.7 Å². The molecule has 0 bridgehead atoms. The average Bonchev–Trinajstić information content (AvgIpc) is 2.74. The zero-order valence-corrected chi connectivity index (χ0v) is 13.1. The topological polar surface area (TPSA) is 118 Å². The molecule has 1 heterocycles. The van der Waals surface area contributed by atoms with Gasteiger partial charge in [-0.1, -0.05) is 30.3 Å². The summed E-state index contributed by atoms with van der Waals surface area (Å²) in [4.78, 5) is 39.0. The van der Waals surface area contributed by atoms with Gasteiger partial charge in [-0.25, -0.2) is 0 Å². The van der Waals surface area contributed by atoms with Gasteiger partial charge in [0.2, 0.25) is 0 Å². The van der Waals surface area contributed by atoms with Gasteiger partial charge in [0.1, 0.15) is 0 Å². The van der Waals surface area contributed by atoms with Gasteiger partial charge >= 0.3 is 15.2 Å². The number of benzene rings is 1. The van der Waals surface area contributed by atoms with Crippen molar-refractivity contribution in [3.05, 3.63) is 35.9 Å². The first-order chi connectivity index (χ1) is 9.68. The summed E-state index contributed by atoms with van der Waals surface area (Å²) in [5, 5.41) is -1.90. The summed E-state index contributed by atoms with van der Waals surface area (Å²) >= 11 is 0. The molecular weight excluding hydrogens is 316 g/mol. The molecule has 1 aliphatic heterocycles. The van der Waals surface area contributed by atoms with E-state index < -0.39 is 26.5 Å². The van der Waals surface area contributed by atoms with Crippen LogP contribution >= 0.6 is 15.2 Å². The molecule has 0 spiro atoms. The summed E-state index contributed by atoms with van der Waals surface area (Å²) in [5.74, 6) is -0.699. The molecule has 1 fully saturated rings. The second-order valence-corrected chi connectivity index (χ2v) is 9.24. The molecule has 7 nitrogen and oxygen atoms in total. The minimum Gasteiger partial charge on any atom is -0.324 e. The fourth-order valence-electron chi connectivity index (χ4n) is 2.84. The van der Waals surface area contributed by atoms with Crippen LogP contribution in [0.25, 0.3) is 0 Å². The van der Waals surface area contributed by atoms with Crippen LogP contribution < -0.4 is 0 Å².